The number of likely N-dealkylation sites (N-methyl/N-ethyl adjacent to an activating group) is 1. The number of hydrogen-bond donors (Lipinski definition) is 1. The van der Waals surface area contributed by atoms with Gasteiger partial charge >= 0.3 is 0 Å². The second-order valence-electron chi connectivity index (χ2n) is 4.94. The summed E-state index contributed by atoms with van der Waals surface area (Å²) >= 11 is 0. The van der Waals surface area contributed by atoms with Crippen molar-refractivity contribution in [2.75, 3.05) is 20.6 Å². The molecule has 0 aromatic heterocycles. The molecule has 1 amide bonds. The average Bonchev–Trinajstić information content (AvgIpc) is 2.38. The first-order chi connectivity index (χ1) is 8.52. The summed E-state index contributed by atoms with van der Waals surface area (Å²) in [5.41, 5.74) is 2.64. The lowest BCUT2D eigenvalue weighted by Gasteiger charge is -2.24. The Morgan fingerprint density at radius 1 is 1.33 bits per heavy atom. The van der Waals surface area contributed by atoms with E-state index in [0.29, 0.717) is 12.5 Å². The Labute approximate surface area is 110 Å². The van der Waals surface area contributed by atoms with Crippen LogP contribution in [0.15, 0.2) is 24.3 Å². The fraction of sp³-hybridized carbons (Fsp3) is 0.533. The summed E-state index contributed by atoms with van der Waals surface area (Å²) in [6, 6.07) is 9.09. The van der Waals surface area contributed by atoms with Gasteiger partial charge in [-0.25, -0.2) is 0 Å². The van der Waals surface area contributed by atoms with E-state index < -0.39 is 0 Å². The molecule has 0 bridgehead atoms. The zero-order chi connectivity index (χ0) is 13.5. The van der Waals surface area contributed by atoms with E-state index in [9.17, 15) is 4.79 Å². The summed E-state index contributed by atoms with van der Waals surface area (Å²) in [4.78, 5) is 13.4. The molecule has 0 radical (unpaired) electrons. The molecular weight excluding hydrogens is 224 g/mol. The predicted octanol–water partition coefficient (Wildman–Crippen LogP) is 1.99. The smallest absolute Gasteiger partial charge is 0.221 e. The van der Waals surface area contributed by atoms with E-state index in [4.69, 9.17) is 0 Å². The van der Waals surface area contributed by atoms with Gasteiger partial charge in [-0.05, 0) is 32.9 Å². The van der Waals surface area contributed by atoms with E-state index in [0.717, 1.165) is 13.0 Å². The maximum absolute atomic E-state index is 11.2. The molecule has 1 atom stereocenters. The van der Waals surface area contributed by atoms with Crippen molar-refractivity contribution < 1.29 is 4.79 Å². The number of rotatable bonds is 6. The van der Waals surface area contributed by atoms with Gasteiger partial charge in [0.05, 0.1) is 0 Å². The summed E-state index contributed by atoms with van der Waals surface area (Å²) in [6.07, 6.45) is 1.58. The molecule has 0 fully saturated rings. The first-order valence-corrected chi connectivity index (χ1v) is 6.49. The van der Waals surface area contributed by atoms with Crippen molar-refractivity contribution in [1.29, 1.82) is 0 Å². The lowest BCUT2D eigenvalue weighted by Crippen LogP contribution is -2.34. The number of carbonyl (C=O) groups excluding carboxylic acids is 1. The highest BCUT2D eigenvalue weighted by molar-refractivity contribution is 5.75. The number of aryl methyl sites for hydroxylation is 1. The van der Waals surface area contributed by atoms with E-state index in [1.165, 1.54) is 11.1 Å². The monoisotopic (exact) mass is 248 g/mol. The van der Waals surface area contributed by atoms with Gasteiger partial charge in [0.2, 0.25) is 5.91 Å². The molecule has 0 saturated heterocycles. The van der Waals surface area contributed by atoms with E-state index >= 15 is 0 Å². The van der Waals surface area contributed by atoms with Crippen LogP contribution in [0.2, 0.25) is 0 Å². The number of nitrogens with one attached hydrogen (secondary N) is 1. The van der Waals surface area contributed by atoms with Crippen LogP contribution in [0.4, 0.5) is 0 Å². The minimum Gasteiger partial charge on any atom is -0.359 e. The van der Waals surface area contributed by atoms with Crippen LogP contribution in [-0.2, 0) is 11.2 Å². The topological polar surface area (TPSA) is 32.3 Å². The maximum Gasteiger partial charge on any atom is 0.221 e. The normalized spacial score (nSPS) is 12.5. The highest BCUT2D eigenvalue weighted by atomic mass is 16.1. The zero-order valence-corrected chi connectivity index (χ0v) is 11.9. The lowest BCUT2D eigenvalue weighted by molar-refractivity contribution is -0.120. The van der Waals surface area contributed by atoms with Crippen molar-refractivity contribution in [3.63, 3.8) is 0 Å². The van der Waals surface area contributed by atoms with Crippen LogP contribution < -0.4 is 5.32 Å². The third-order valence-corrected chi connectivity index (χ3v) is 3.37. The lowest BCUT2D eigenvalue weighted by atomic mass is 10.0. The van der Waals surface area contributed by atoms with Crippen molar-refractivity contribution in [2.45, 2.75) is 32.7 Å². The quantitative estimate of drug-likeness (QED) is 0.835. The molecule has 1 N–H and O–H groups in total. The molecule has 0 spiro atoms. The van der Waals surface area contributed by atoms with Crippen molar-refractivity contribution in [1.82, 2.24) is 10.2 Å². The Hall–Kier alpha value is -1.35. The van der Waals surface area contributed by atoms with Crippen molar-refractivity contribution in [2.24, 2.45) is 0 Å². The van der Waals surface area contributed by atoms with Crippen LogP contribution >= 0.6 is 0 Å². The van der Waals surface area contributed by atoms with Gasteiger partial charge in [0.25, 0.3) is 0 Å². The zero-order valence-electron chi connectivity index (χ0n) is 11.9. The molecule has 0 aliphatic rings. The van der Waals surface area contributed by atoms with Gasteiger partial charge in [0.15, 0.2) is 0 Å². The number of benzene rings is 1. The number of carbonyl (C=O) groups is 1. The largest absolute Gasteiger partial charge is 0.359 e. The second-order valence-corrected chi connectivity index (χ2v) is 4.94. The van der Waals surface area contributed by atoms with E-state index in [-0.39, 0.29) is 5.91 Å². The van der Waals surface area contributed by atoms with Gasteiger partial charge in [-0.1, -0.05) is 29.8 Å². The van der Waals surface area contributed by atoms with E-state index in [1.807, 2.05) is 0 Å². The van der Waals surface area contributed by atoms with Crippen molar-refractivity contribution >= 4 is 5.91 Å². The molecule has 0 aliphatic heterocycles. The molecule has 3 nitrogen and oxygen atoms in total. The molecule has 0 saturated carbocycles. The van der Waals surface area contributed by atoms with Gasteiger partial charge in [0, 0.05) is 26.1 Å². The molecule has 0 unspecified atom stereocenters. The molecule has 18 heavy (non-hydrogen) atoms. The van der Waals surface area contributed by atoms with Gasteiger partial charge in [0.1, 0.15) is 0 Å². The highest BCUT2D eigenvalue weighted by Crippen LogP contribution is 2.09. The Morgan fingerprint density at radius 3 is 2.50 bits per heavy atom. The molecule has 3 heteroatoms. The molecule has 1 rings (SSSR count). The Morgan fingerprint density at radius 2 is 1.94 bits per heavy atom. The van der Waals surface area contributed by atoms with Crippen LogP contribution in [0, 0.1) is 6.92 Å². The van der Waals surface area contributed by atoms with Gasteiger partial charge in [-0.15, -0.1) is 0 Å². The molecular formula is C15H24N2O. The summed E-state index contributed by atoms with van der Waals surface area (Å²) in [5, 5.41) is 2.65. The van der Waals surface area contributed by atoms with E-state index in [1.54, 1.807) is 7.05 Å². The molecule has 1 aromatic carbocycles. The molecule has 0 heterocycles. The summed E-state index contributed by atoms with van der Waals surface area (Å²) in [7, 11) is 3.75. The average molecular weight is 248 g/mol. The number of hydrogen-bond acceptors (Lipinski definition) is 2. The van der Waals surface area contributed by atoms with Crippen LogP contribution in [0.25, 0.3) is 0 Å². The molecule has 1 aromatic rings. The first kappa shape index (κ1) is 14.7. The number of amides is 1. The third-order valence-electron chi connectivity index (χ3n) is 3.37. The van der Waals surface area contributed by atoms with Crippen molar-refractivity contribution in [3.05, 3.63) is 35.4 Å². The van der Waals surface area contributed by atoms with Gasteiger partial charge in [-0.2, -0.15) is 0 Å². The fourth-order valence-electron chi connectivity index (χ4n) is 1.84. The SMILES string of the molecule is CNC(=O)CCN(C)[C@H](C)Cc1ccc(C)cc1. The highest BCUT2D eigenvalue weighted by Gasteiger charge is 2.11. The summed E-state index contributed by atoms with van der Waals surface area (Å²) in [5.74, 6) is 0.101. The molecule has 0 aliphatic carbocycles. The minimum absolute atomic E-state index is 0.101. The summed E-state index contributed by atoms with van der Waals surface area (Å²) < 4.78 is 0. The third kappa shape index (κ3) is 4.88. The van der Waals surface area contributed by atoms with Crippen LogP contribution in [-0.4, -0.2) is 37.5 Å². The minimum atomic E-state index is 0.101. The van der Waals surface area contributed by atoms with Gasteiger partial charge < -0.3 is 10.2 Å². The van der Waals surface area contributed by atoms with Crippen LogP contribution in [0.5, 0.6) is 0 Å². The Kier molecular flexibility index (Phi) is 5.86. The standard InChI is InChI=1S/C15H24N2O/c1-12-5-7-14(8-6-12)11-13(2)17(4)10-9-15(18)16-3/h5-8,13H,9-11H2,1-4H3,(H,16,18)/t13-/m1/s1. The maximum atomic E-state index is 11.2. The number of nitrogens with zero attached hydrogens (tertiary/aromatic N) is 1. The molecule has 100 valence electrons. The second kappa shape index (κ2) is 7.17. The summed E-state index contributed by atoms with van der Waals surface area (Å²) in [6.45, 7) is 5.10. The predicted molar refractivity (Wildman–Crippen MR) is 75.7 cm³/mol. The fourth-order valence-corrected chi connectivity index (χ4v) is 1.84. The van der Waals surface area contributed by atoms with Gasteiger partial charge in [-0.3, -0.25) is 4.79 Å². The Bertz CT molecular complexity index is 373. The van der Waals surface area contributed by atoms with Crippen LogP contribution in [0.3, 0.4) is 0 Å². The first-order valence-electron chi connectivity index (χ1n) is 6.49. The van der Waals surface area contributed by atoms with Crippen LogP contribution in [0.1, 0.15) is 24.5 Å². The van der Waals surface area contributed by atoms with E-state index in [2.05, 4.69) is 55.4 Å². The van der Waals surface area contributed by atoms with Crippen molar-refractivity contribution in [3.8, 4) is 0 Å². The Balaban J connectivity index is 2.41.